The molecule has 0 aromatic heterocycles. The van der Waals surface area contributed by atoms with E-state index in [2.05, 4.69) is 195 Å². The van der Waals surface area contributed by atoms with Crippen LogP contribution in [0.5, 0.6) is 0 Å². The molecule has 1 heteroatoms. The predicted molar refractivity (Wildman–Crippen MR) is 197 cm³/mol. The van der Waals surface area contributed by atoms with Gasteiger partial charge in [0, 0.05) is 22.5 Å². The molecule has 8 rings (SSSR count). The van der Waals surface area contributed by atoms with Gasteiger partial charge in [-0.2, -0.15) is 0 Å². The van der Waals surface area contributed by atoms with Crippen molar-refractivity contribution < 1.29 is 0 Å². The monoisotopic (exact) mass is 589 g/mol. The highest BCUT2D eigenvalue weighted by Gasteiger charge is 2.34. The second-order valence-electron chi connectivity index (χ2n) is 12.6. The van der Waals surface area contributed by atoms with E-state index in [1.54, 1.807) is 0 Å². The van der Waals surface area contributed by atoms with Crippen LogP contribution in [-0.2, 0) is 5.41 Å². The average Bonchev–Trinajstić information content (AvgIpc) is 3.40. The minimum atomic E-state index is -0.0822. The van der Waals surface area contributed by atoms with Gasteiger partial charge in [-0.3, -0.25) is 0 Å². The molecular weight excluding hydrogens is 555 g/mol. The van der Waals surface area contributed by atoms with Crippen molar-refractivity contribution in [3.8, 4) is 22.3 Å². The highest BCUT2D eigenvalue weighted by molar-refractivity contribution is 6.03. The predicted octanol–water partition coefficient (Wildman–Crippen LogP) is 12.5. The Hall–Kier alpha value is -5.66. The Kier molecular flexibility index (Phi) is 6.88. The number of allylic oxidation sites excluding steroid dienone is 1. The van der Waals surface area contributed by atoms with Crippen LogP contribution in [0.2, 0.25) is 0 Å². The van der Waals surface area contributed by atoms with Gasteiger partial charge < -0.3 is 4.90 Å². The molecule has 0 heterocycles. The van der Waals surface area contributed by atoms with Crippen LogP contribution in [0.4, 0.5) is 17.1 Å². The van der Waals surface area contributed by atoms with Crippen molar-refractivity contribution in [2.75, 3.05) is 4.90 Å². The number of hydrogen-bond acceptors (Lipinski definition) is 1. The summed E-state index contributed by atoms with van der Waals surface area (Å²) in [5.41, 5.74) is 13.5. The van der Waals surface area contributed by atoms with Gasteiger partial charge in [-0.1, -0.05) is 147 Å². The third kappa shape index (κ3) is 4.91. The van der Waals surface area contributed by atoms with E-state index in [-0.39, 0.29) is 5.41 Å². The normalized spacial score (nSPS) is 13.3. The third-order valence-corrected chi connectivity index (χ3v) is 9.51. The van der Waals surface area contributed by atoms with Crippen LogP contribution >= 0.6 is 0 Å². The number of hydrogen-bond donors (Lipinski definition) is 0. The molecule has 0 saturated carbocycles. The number of anilines is 3. The maximum Gasteiger partial charge on any atom is 0.0462 e. The lowest BCUT2D eigenvalue weighted by molar-refractivity contribution is 0.705. The zero-order chi connectivity index (χ0) is 31.1. The first kappa shape index (κ1) is 27.9. The molecule has 0 spiro atoms. The lowest BCUT2D eigenvalue weighted by Gasteiger charge is -2.28. The molecule has 0 N–H and O–H groups in total. The van der Waals surface area contributed by atoms with E-state index >= 15 is 0 Å². The highest BCUT2D eigenvalue weighted by Crippen LogP contribution is 2.49. The van der Waals surface area contributed by atoms with Crippen molar-refractivity contribution in [2.24, 2.45) is 0 Å². The molecule has 0 atom stereocenters. The number of benzene rings is 7. The summed E-state index contributed by atoms with van der Waals surface area (Å²) in [6.45, 7) is 4.70. The molecule has 0 aliphatic heterocycles. The Labute approximate surface area is 271 Å². The molecule has 1 aliphatic carbocycles. The Balaban J connectivity index is 1.18. The van der Waals surface area contributed by atoms with Gasteiger partial charge in [-0.25, -0.2) is 0 Å². The van der Waals surface area contributed by atoms with Crippen LogP contribution in [-0.4, -0.2) is 0 Å². The maximum absolute atomic E-state index is 2.41. The summed E-state index contributed by atoms with van der Waals surface area (Å²) in [4.78, 5) is 2.35. The summed E-state index contributed by atoms with van der Waals surface area (Å²) in [5.74, 6) is 0. The Morgan fingerprint density at radius 2 is 0.826 bits per heavy atom. The molecule has 0 amide bonds. The van der Waals surface area contributed by atoms with Crippen LogP contribution in [0, 0.1) is 0 Å². The largest absolute Gasteiger partial charge is 0.311 e. The smallest absolute Gasteiger partial charge is 0.0462 e. The zero-order valence-electron chi connectivity index (χ0n) is 26.2. The van der Waals surface area contributed by atoms with Crippen molar-refractivity contribution >= 4 is 39.5 Å². The van der Waals surface area contributed by atoms with Crippen molar-refractivity contribution in [1.82, 2.24) is 0 Å². The topological polar surface area (TPSA) is 3.24 Å². The first-order chi connectivity index (χ1) is 22.6. The minimum absolute atomic E-state index is 0.0822. The van der Waals surface area contributed by atoms with E-state index < -0.39 is 0 Å². The molecule has 220 valence electrons. The van der Waals surface area contributed by atoms with E-state index in [0.717, 1.165) is 17.1 Å². The summed E-state index contributed by atoms with van der Waals surface area (Å²) >= 11 is 0. The first-order valence-corrected chi connectivity index (χ1v) is 16.0. The fourth-order valence-electron chi connectivity index (χ4n) is 7.01. The molecule has 1 aliphatic rings. The minimum Gasteiger partial charge on any atom is -0.311 e. The first-order valence-electron chi connectivity index (χ1n) is 16.0. The van der Waals surface area contributed by atoms with Crippen molar-refractivity contribution in [3.63, 3.8) is 0 Å². The third-order valence-electron chi connectivity index (χ3n) is 9.51. The van der Waals surface area contributed by atoms with Crippen LogP contribution in [0.25, 0.3) is 44.7 Å². The summed E-state index contributed by atoms with van der Waals surface area (Å²) in [6, 6.07) is 61.3. The average molecular weight is 590 g/mol. The summed E-state index contributed by atoms with van der Waals surface area (Å²) in [7, 11) is 0. The molecule has 0 unspecified atom stereocenters. The van der Waals surface area contributed by atoms with Crippen molar-refractivity contribution in [2.45, 2.75) is 19.3 Å². The Morgan fingerprint density at radius 3 is 1.35 bits per heavy atom. The Morgan fingerprint density at radius 1 is 0.391 bits per heavy atom. The van der Waals surface area contributed by atoms with E-state index in [1.807, 2.05) is 0 Å². The van der Waals surface area contributed by atoms with E-state index in [4.69, 9.17) is 0 Å². The number of fused-ring (bicyclic) bond motifs is 3. The second-order valence-corrected chi connectivity index (χ2v) is 12.6. The van der Waals surface area contributed by atoms with Crippen molar-refractivity contribution in [3.05, 3.63) is 187 Å². The van der Waals surface area contributed by atoms with Crippen LogP contribution in [0.15, 0.2) is 170 Å². The van der Waals surface area contributed by atoms with Gasteiger partial charge in [0.15, 0.2) is 0 Å². The molecule has 0 fully saturated rings. The van der Waals surface area contributed by atoms with Crippen LogP contribution in [0.3, 0.4) is 0 Å². The molecule has 7 aromatic carbocycles. The van der Waals surface area contributed by atoms with Gasteiger partial charge >= 0.3 is 0 Å². The summed E-state index contributed by atoms with van der Waals surface area (Å²) in [6.07, 6.45) is 2.41. The molecule has 0 saturated heterocycles. The lowest BCUT2D eigenvalue weighted by Crippen LogP contribution is -2.16. The lowest BCUT2D eigenvalue weighted by atomic mass is 9.78. The molecule has 0 bridgehead atoms. The molecular formula is C45H35N. The van der Waals surface area contributed by atoms with Gasteiger partial charge in [-0.05, 0) is 97.8 Å². The standard InChI is InChI=1S/C45H35N/c1-45(2)43-30-23-36-15-9-10-16-41(36)42(43)31-44(45)37-21-28-40(29-22-37)46(38-24-17-34(18-25-38)32-11-5-3-6-12-32)39-26-19-35(20-27-39)33-13-7-4-8-14-33/h3-31H,1-2H3. The fraction of sp³-hybridized carbons (Fsp3) is 0.0667. The highest BCUT2D eigenvalue weighted by atomic mass is 15.1. The Bertz CT molecular complexity index is 2090. The van der Waals surface area contributed by atoms with Gasteiger partial charge in [0.2, 0.25) is 0 Å². The summed E-state index contributed by atoms with van der Waals surface area (Å²) in [5, 5.41) is 2.61. The molecule has 1 nitrogen and oxygen atoms in total. The number of nitrogens with zero attached hydrogens (tertiary/aromatic N) is 1. The molecule has 0 radical (unpaired) electrons. The molecule has 46 heavy (non-hydrogen) atoms. The quantitative estimate of drug-likeness (QED) is 0.186. The zero-order valence-corrected chi connectivity index (χ0v) is 26.2. The van der Waals surface area contributed by atoms with Crippen molar-refractivity contribution in [1.29, 1.82) is 0 Å². The van der Waals surface area contributed by atoms with Crippen LogP contribution in [0.1, 0.15) is 30.5 Å². The SMILES string of the molecule is CC1(C)C(c2ccc(N(c3ccc(-c4ccccc4)cc3)c3ccc(-c4ccccc4)cc3)cc2)=Cc2c1ccc1ccccc21. The van der Waals surface area contributed by atoms with E-state index in [0.29, 0.717) is 0 Å². The maximum atomic E-state index is 2.41. The molecule has 7 aromatic rings. The van der Waals surface area contributed by atoms with Gasteiger partial charge in [0.25, 0.3) is 0 Å². The fourth-order valence-corrected chi connectivity index (χ4v) is 7.01. The van der Waals surface area contributed by atoms with E-state index in [9.17, 15) is 0 Å². The van der Waals surface area contributed by atoms with Crippen LogP contribution < -0.4 is 4.90 Å². The van der Waals surface area contributed by atoms with Gasteiger partial charge in [0.05, 0.1) is 0 Å². The number of rotatable bonds is 6. The summed E-state index contributed by atoms with van der Waals surface area (Å²) < 4.78 is 0. The van der Waals surface area contributed by atoms with E-state index in [1.165, 1.54) is 55.3 Å². The van der Waals surface area contributed by atoms with Gasteiger partial charge in [-0.15, -0.1) is 0 Å². The van der Waals surface area contributed by atoms with Gasteiger partial charge in [0.1, 0.15) is 0 Å². The second kappa shape index (κ2) is 11.4.